The summed E-state index contributed by atoms with van der Waals surface area (Å²) in [6.45, 7) is 4.83. The highest BCUT2D eigenvalue weighted by molar-refractivity contribution is 5.52. The number of hydrogen-bond donors (Lipinski definition) is 1. The highest BCUT2D eigenvalue weighted by Gasteiger charge is 2.05. The first-order valence-electron chi connectivity index (χ1n) is 5.31. The van der Waals surface area contributed by atoms with E-state index >= 15 is 0 Å². The summed E-state index contributed by atoms with van der Waals surface area (Å²) in [6, 6.07) is 4.18. The van der Waals surface area contributed by atoms with E-state index in [1.807, 2.05) is 0 Å². The third-order valence-electron chi connectivity index (χ3n) is 2.28. The lowest BCUT2D eigenvalue weighted by Gasteiger charge is -2.13. The zero-order valence-corrected chi connectivity index (χ0v) is 9.29. The second-order valence-electron chi connectivity index (χ2n) is 3.89. The Kier molecular flexibility index (Phi) is 4.40. The summed E-state index contributed by atoms with van der Waals surface area (Å²) in [6.07, 6.45) is 2.23. The van der Waals surface area contributed by atoms with Crippen LogP contribution in [0.1, 0.15) is 26.7 Å². The van der Waals surface area contributed by atoms with E-state index in [-0.39, 0.29) is 5.82 Å². The molecule has 0 bridgehead atoms. The number of ether oxygens (including phenoxy) is 1. The van der Waals surface area contributed by atoms with Gasteiger partial charge < -0.3 is 10.5 Å². The molecule has 0 saturated carbocycles. The van der Waals surface area contributed by atoms with Crippen molar-refractivity contribution in [2.45, 2.75) is 26.7 Å². The van der Waals surface area contributed by atoms with Crippen LogP contribution in [-0.4, -0.2) is 6.61 Å². The van der Waals surface area contributed by atoms with Gasteiger partial charge in [-0.15, -0.1) is 0 Å². The number of halogens is 1. The summed E-state index contributed by atoms with van der Waals surface area (Å²) in [4.78, 5) is 0. The molecule has 0 saturated heterocycles. The molecular formula is C12H18FNO. The maximum Gasteiger partial charge on any atom is 0.145 e. The van der Waals surface area contributed by atoms with Gasteiger partial charge in [0.05, 0.1) is 12.3 Å². The first kappa shape index (κ1) is 11.8. The van der Waals surface area contributed by atoms with Crippen LogP contribution in [0, 0.1) is 11.7 Å². The molecule has 0 aliphatic heterocycles. The fraction of sp³-hybridized carbons (Fsp3) is 0.500. The molecule has 1 aromatic carbocycles. The van der Waals surface area contributed by atoms with Crippen molar-refractivity contribution in [3.8, 4) is 5.75 Å². The molecule has 2 nitrogen and oxygen atoms in total. The van der Waals surface area contributed by atoms with Gasteiger partial charge in [0.1, 0.15) is 11.6 Å². The first-order valence-corrected chi connectivity index (χ1v) is 5.31. The largest absolute Gasteiger partial charge is 0.491 e. The maximum absolute atomic E-state index is 12.9. The topological polar surface area (TPSA) is 35.2 Å². The van der Waals surface area contributed by atoms with Gasteiger partial charge in [0.25, 0.3) is 0 Å². The van der Waals surface area contributed by atoms with Crippen molar-refractivity contribution in [2.75, 3.05) is 12.3 Å². The van der Waals surface area contributed by atoms with Crippen molar-refractivity contribution < 1.29 is 9.13 Å². The fourth-order valence-electron chi connectivity index (χ4n) is 1.44. The van der Waals surface area contributed by atoms with Crippen LogP contribution in [0.5, 0.6) is 5.75 Å². The van der Waals surface area contributed by atoms with Crippen LogP contribution in [0.15, 0.2) is 18.2 Å². The molecule has 1 atom stereocenters. The third-order valence-corrected chi connectivity index (χ3v) is 2.28. The van der Waals surface area contributed by atoms with Gasteiger partial charge in [-0.2, -0.15) is 0 Å². The Bertz CT molecular complexity index is 314. The molecule has 0 aliphatic rings. The molecule has 0 amide bonds. The first-order chi connectivity index (χ1) is 7.13. The molecule has 1 unspecified atom stereocenters. The van der Waals surface area contributed by atoms with Crippen molar-refractivity contribution >= 4 is 5.69 Å². The molecule has 3 heteroatoms. The van der Waals surface area contributed by atoms with Crippen LogP contribution in [0.25, 0.3) is 0 Å². The molecular weight excluding hydrogens is 193 g/mol. The van der Waals surface area contributed by atoms with E-state index in [1.165, 1.54) is 18.2 Å². The molecule has 15 heavy (non-hydrogen) atoms. The summed E-state index contributed by atoms with van der Waals surface area (Å²) < 4.78 is 18.4. The Labute approximate surface area is 90.2 Å². The predicted octanol–water partition coefficient (Wildman–Crippen LogP) is 3.22. The van der Waals surface area contributed by atoms with Crippen LogP contribution < -0.4 is 10.5 Å². The van der Waals surface area contributed by atoms with Crippen LogP contribution >= 0.6 is 0 Å². The van der Waals surface area contributed by atoms with Gasteiger partial charge in [-0.3, -0.25) is 0 Å². The molecule has 0 aliphatic carbocycles. The van der Waals surface area contributed by atoms with Crippen molar-refractivity contribution in [3.05, 3.63) is 24.0 Å². The summed E-state index contributed by atoms with van der Waals surface area (Å²) in [5.74, 6) is 0.595. The average molecular weight is 211 g/mol. The average Bonchev–Trinajstić information content (AvgIpc) is 2.20. The lowest BCUT2D eigenvalue weighted by atomic mass is 10.1. The molecule has 0 heterocycles. The van der Waals surface area contributed by atoms with Gasteiger partial charge >= 0.3 is 0 Å². The summed E-state index contributed by atoms with van der Waals surface area (Å²) in [5, 5.41) is 0. The van der Waals surface area contributed by atoms with E-state index in [2.05, 4.69) is 13.8 Å². The minimum absolute atomic E-state index is 0.317. The van der Waals surface area contributed by atoms with Crippen LogP contribution in [-0.2, 0) is 0 Å². The molecule has 0 spiro atoms. The summed E-state index contributed by atoms with van der Waals surface area (Å²) >= 11 is 0. The highest BCUT2D eigenvalue weighted by Crippen LogP contribution is 2.22. The number of anilines is 1. The van der Waals surface area contributed by atoms with E-state index in [9.17, 15) is 4.39 Å². The second kappa shape index (κ2) is 5.59. The number of benzene rings is 1. The lowest BCUT2D eigenvalue weighted by molar-refractivity contribution is 0.252. The van der Waals surface area contributed by atoms with E-state index in [4.69, 9.17) is 10.5 Å². The Morgan fingerprint density at radius 2 is 2.20 bits per heavy atom. The standard InChI is InChI=1S/C12H18FNO/c1-3-4-9(2)8-15-12-7-10(13)5-6-11(12)14/h5-7,9H,3-4,8,14H2,1-2H3. The normalized spacial score (nSPS) is 12.5. The van der Waals surface area contributed by atoms with Crippen molar-refractivity contribution in [2.24, 2.45) is 5.92 Å². The SMILES string of the molecule is CCCC(C)COc1cc(F)ccc1N. The third kappa shape index (κ3) is 3.78. The Hall–Kier alpha value is -1.25. The maximum atomic E-state index is 12.9. The van der Waals surface area contributed by atoms with E-state index in [0.29, 0.717) is 24.0 Å². The number of hydrogen-bond acceptors (Lipinski definition) is 2. The Balaban J connectivity index is 2.53. The number of nitrogens with two attached hydrogens (primary N) is 1. The monoisotopic (exact) mass is 211 g/mol. The van der Waals surface area contributed by atoms with Crippen molar-refractivity contribution in [3.63, 3.8) is 0 Å². The van der Waals surface area contributed by atoms with Crippen LogP contribution in [0.3, 0.4) is 0 Å². The predicted molar refractivity (Wildman–Crippen MR) is 60.4 cm³/mol. The Morgan fingerprint density at radius 3 is 2.87 bits per heavy atom. The molecule has 0 radical (unpaired) electrons. The Morgan fingerprint density at radius 1 is 1.47 bits per heavy atom. The minimum atomic E-state index is -0.317. The quantitative estimate of drug-likeness (QED) is 0.759. The molecule has 1 rings (SSSR count). The van der Waals surface area contributed by atoms with Gasteiger partial charge in [-0.25, -0.2) is 4.39 Å². The van der Waals surface area contributed by atoms with E-state index in [0.717, 1.165) is 12.8 Å². The van der Waals surface area contributed by atoms with Gasteiger partial charge in [0.2, 0.25) is 0 Å². The van der Waals surface area contributed by atoms with Crippen molar-refractivity contribution in [1.29, 1.82) is 0 Å². The zero-order valence-electron chi connectivity index (χ0n) is 9.29. The van der Waals surface area contributed by atoms with E-state index < -0.39 is 0 Å². The minimum Gasteiger partial charge on any atom is -0.491 e. The van der Waals surface area contributed by atoms with Crippen LogP contribution in [0.4, 0.5) is 10.1 Å². The van der Waals surface area contributed by atoms with Gasteiger partial charge in [-0.05, 0) is 24.5 Å². The number of nitrogen functional groups attached to an aromatic ring is 1. The van der Waals surface area contributed by atoms with Gasteiger partial charge in [0, 0.05) is 6.07 Å². The smallest absolute Gasteiger partial charge is 0.145 e. The molecule has 84 valence electrons. The van der Waals surface area contributed by atoms with Gasteiger partial charge in [0.15, 0.2) is 0 Å². The zero-order chi connectivity index (χ0) is 11.3. The van der Waals surface area contributed by atoms with Crippen LogP contribution in [0.2, 0.25) is 0 Å². The van der Waals surface area contributed by atoms with E-state index in [1.54, 1.807) is 0 Å². The van der Waals surface area contributed by atoms with Gasteiger partial charge in [-0.1, -0.05) is 20.3 Å². The van der Waals surface area contributed by atoms with Crippen molar-refractivity contribution in [1.82, 2.24) is 0 Å². The molecule has 0 aromatic heterocycles. The summed E-state index contributed by atoms with van der Waals surface area (Å²) in [5.41, 5.74) is 6.14. The highest BCUT2D eigenvalue weighted by atomic mass is 19.1. The lowest BCUT2D eigenvalue weighted by Crippen LogP contribution is -2.09. The molecule has 1 aromatic rings. The fourth-order valence-corrected chi connectivity index (χ4v) is 1.44. The second-order valence-corrected chi connectivity index (χ2v) is 3.89. The number of rotatable bonds is 5. The molecule has 2 N–H and O–H groups in total. The summed E-state index contributed by atoms with van der Waals surface area (Å²) in [7, 11) is 0. The molecule has 0 fully saturated rings.